The number of rotatable bonds is 6. The van der Waals surface area contributed by atoms with Crippen molar-refractivity contribution in [3.05, 3.63) is 70.0 Å². The van der Waals surface area contributed by atoms with Crippen LogP contribution in [0.4, 0.5) is 0 Å². The second-order valence-electron chi connectivity index (χ2n) is 7.43. The molecule has 2 aromatic rings. The van der Waals surface area contributed by atoms with Crippen molar-refractivity contribution in [3.63, 3.8) is 0 Å². The van der Waals surface area contributed by atoms with E-state index in [2.05, 4.69) is 11.1 Å². The number of carbonyl (C=O) groups is 1. The van der Waals surface area contributed by atoms with Gasteiger partial charge in [0.25, 0.3) is 0 Å². The number of carbonyl (C=O) groups excluding carboxylic acids is 1. The number of ketones is 1. The number of ether oxygens (including phenoxy) is 1. The van der Waals surface area contributed by atoms with Gasteiger partial charge in [-0.3, -0.25) is 9.78 Å². The topological polar surface area (TPSA) is 63.0 Å². The maximum atomic E-state index is 12.6. The van der Waals surface area contributed by atoms with E-state index in [1.807, 2.05) is 32.1 Å². The lowest BCUT2D eigenvalue weighted by Gasteiger charge is -2.27. The summed E-state index contributed by atoms with van der Waals surface area (Å²) in [5.41, 5.74) is 2.94. The van der Waals surface area contributed by atoms with Crippen LogP contribution in [0.25, 0.3) is 0 Å². The van der Waals surface area contributed by atoms with Crippen LogP contribution in [0.5, 0.6) is 5.75 Å². The van der Waals surface area contributed by atoms with E-state index in [1.54, 1.807) is 24.3 Å². The van der Waals surface area contributed by atoms with Gasteiger partial charge in [-0.25, -0.2) is 0 Å². The molecule has 0 bridgehead atoms. The lowest BCUT2D eigenvalue weighted by atomic mass is 9.86. The number of nitrogens with zero attached hydrogens (tertiary/aromatic N) is 2. The largest absolute Gasteiger partial charge is 0.490 e. The summed E-state index contributed by atoms with van der Waals surface area (Å²) in [7, 11) is 0. The monoisotopic (exact) mass is 408 g/mol. The molecule has 1 aliphatic rings. The quantitative estimate of drug-likeness (QED) is 0.444. The molecule has 0 N–H and O–H groups in total. The van der Waals surface area contributed by atoms with Gasteiger partial charge in [-0.2, -0.15) is 5.26 Å². The molecular weight excluding hydrogens is 384 g/mol. The number of benzene rings is 1. The van der Waals surface area contributed by atoms with Gasteiger partial charge in [0.1, 0.15) is 11.8 Å². The van der Waals surface area contributed by atoms with E-state index in [4.69, 9.17) is 21.6 Å². The molecule has 0 spiro atoms. The molecule has 0 aliphatic heterocycles. The van der Waals surface area contributed by atoms with Crippen LogP contribution in [0.3, 0.4) is 0 Å². The minimum absolute atomic E-state index is 0.0277. The van der Waals surface area contributed by atoms with Crippen molar-refractivity contribution in [2.75, 3.05) is 0 Å². The van der Waals surface area contributed by atoms with E-state index >= 15 is 0 Å². The first kappa shape index (κ1) is 21.1. The smallest absolute Gasteiger partial charge is 0.187 e. The number of pyridine rings is 1. The second-order valence-corrected chi connectivity index (χ2v) is 7.84. The van der Waals surface area contributed by atoms with Crippen LogP contribution in [-0.4, -0.2) is 16.9 Å². The highest BCUT2D eigenvalue weighted by molar-refractivity contribution is 6.31. The summed E-state index contributed by atoms with van der Waals surface area (Å²) in [6, 6.07) is 11.0. The minimum atomic E-state index is 0.0277. The molecule has 150 valence electrons. The summed E-state index contributed by atoms with van der Waals surface area (Å²) in [5.74, 6) is 1.11. The number of hydrogen-bond donors (Lipinski definition) is 0. The van der Waals surface area contributed by atoms with Crippen molar-refractivity contribution in [2.24, 2.45) is 5.92 Å². The predicted octanol–water partition coefficient (Wildman–Crippen LogP) is 5.85. The van der Waals surface area contributed by atoms with E-state index in [-0.39, 0.29) is 11.9 Å². The molecule has 0 amide bonds. The van der Waals surface area contributed by atoms with Crippen LogP contribution < -0.4 is 4.74 Å². The molecule has 0 atom stereocenters. The number of allylic oxidation sites excluding steroid dienone is 2. The first-order valence-corrected chi connectivity index (χ1v) is 10.4. The van der Waals surface area contributed by atoms with Crippen LogP contribution in [0.15, 0.2) is 42.5 Å². The fraction of sp³-hybridized carbons (Fsp3) is 0.375. The Hall–Kier alpha value is -2.64. The molecule has 0 saturated heterocycles. The molecule has 0 unspecified atom stereocenters. The summed E-state index contributed by atoms with van der Waals surface area (Å²) < 4.78 is 6.03. The number of nitriles is 1. The zero-order chi connectivity index (χ0) is 20.8. The van der Waals surface area contributed by atoms with Crippen LogP contribution >= 0.6 is 11.6 Å². The van der Waals surface area contributed by atoms with Gasteiger partial charge in [0.05, 0.1) is 22.4 Å². The Bertz CT molecular complexity index is 954. The molecular formula is C24H25ClN2O2. The highest BCUT2D eigenvalue weighted by Crippen LogP contribution is 2.30. The first-order valence-electron chi connectivity index (χ1n) is 10.1. The van der Waals surface area contributed by atoms with Gasteiger partial charge in [0.15, 0.2) is 5.78 Å². The lowest BCUT2D eigenvalue weighted by molar-refractivity contribution is 0.104. The molecule has 4 nitrogen and oxygen atoms in total. The summed E-state index contributed by atoms with van der Waals surface area (Å²) in [6.07, 6.45) is 8.43. The predicted molar refractivity (Wildman–Crippen MR) is 114 cm³/mol. The summed E-state index contributed by atoms with van der Waals surface area (Å²) in [5, 5.41) is 9.37. The Labute approximate surface area is 177 Å². The standard InChI is InChI=1S/C24H25ClN2O2/c1-3-23-21(12-4-16(2)27-23)24(28)13-7-17-5-9-19(10-6-17)29-20-11-8-18(15-26)22(25)14-20/h4,7-8,11-14,17,19H,3,5-6,9-10H2,1-2H3/b13-7+/t17-,19-. The van der Waals surface area contributed by atoms with Crippen LogP contribution in [0.2, 0.25) is 5.02 Å². The Morgan fingerprint density at radius 2 is 2.03 bits per heavy atom. The zero-order valence-corrected chi connectivity index (χ0v) is 17.6. The highest BCUT2D eigenvalue weighted by Gasteiger charge is 2.21. The maximum absolute atomic E-state index is 12.6. The average Bonchev–Trinajstić information content (AvgIpc) is 2.73. The average molecular weight is 409 g/mol. The fourth-order valence-corrected chi connectivity index (χ4v) is 3.88. The van der Waals surface area contributed by atoms with Gasteiger partial charge in [0.2, 0.25) is 0 Å². The molecule has 1 fully saturated rings. The third-order valence-corrected chi connectivity index (χ3v) is 5.63. The van der Waals surface area contributed by atoms with Crippen LogP contribution in [0, 0.1) is 24.2 Å². The molecule has 5 heteroatoms. The number of aromatic nitrogens is 1. The molecule has 1 heterocycles. The Balaban J connectivity index is 1.54. The molecule has 1 aliphatic carbocycles. The van der Waals surface area contributed by atoms with Crippen molar-refractivity contribution >= 4 is 17.4 Å². The minimum Gasteiger partial charge on any atom is -0.490 e. The Morgan fingerprint density at radius 3 is 2.69 bits per heavy atom. The third-order valence-electron chi connectivity index (χ3n) is 5.32. The normalized spacial score (nSPS) is 19.1. The second kappa shape index (κ2) is 9.71. The van der Waals surface area contributed by atoms with E-state index < -0.39 is 0 Å². The van der Waals surface area contributed by atoms with Crippen molar-refractivity contribution in [1.82, 2.24) is 4.98 Å². The summed E-state index contributed by atoms with van der Waals surface area (Å²) >= 11 is 6.07. The molecule has 0 radical (unpaired) electrons. The molecule has 29 heavy (non-hydrogen) atoms. The zero-order valence-electron chi connectivity index (χ0n) is 16.8. The lowest BCUT2D eigenvalue weighted by Crippen LogP contribution is -2.23. The Kier molecular flexibility index (Phi) is 7.06. The molecule has 1 aromatic heterocycles. The van der Waals surface area contributed by atoms with Gasteiger partial charge in [-0.1, -0.05) is 24.6 Å². The summed E-state index contributed by atoms with van der Waals surface area (Å²) in [4.78, 5) is 17.1. The highest BCUT2D eigenvalue weighted by atomic mass is 35.5. The van der Waals surface area contributed by atoms with Gasteiger partial charge in [0, 0.05) is 17.3 Å². The SMILES string of the molecule is CCc1nc(C)ccc1C(=O)/C=C/[C@H]1CC[C@H](Oc2ccc(C#N)c(Cl)c2)CC1. The van der Waals surface area contributed by atoms with E-state index in [1.165, 1.54) is 0 Å². The van der Waals surface area contributed by atoms with E-state index in [0.29, 0.717) is 27.8 Å². The van der Waals surface area contributed by atoms with Crippen molar-refractivity contribution < 1.29 is 9.53 Å². The van der Waals surface area contributed by atoms with Gasteiger partial charge in [-0.15, -0.1) is 0 Å². The number of hydrogen-bond acceptors (Lipinski definition) is 4. The first-order chi connectivity index (χ1) is 14.0. The van der Waals surface area contributed by atoms with Crippen molar-refractivity contribution in [3.8, 4) is 11.8 Å². The van der Waals surface area contributed by atoms with Crippen LogP contribution in [-0.2, 0) is 6.42 Å². The van der Waals surface area contributed by atoms with Gasteiger partial charge < -0.3 is 4.74 Å². The van der Waals surface area contributed by atoms with Gasteiger partial charge in [-0.05, 0) is 75.3 Å². The number of aryl methyl sites for hydroxylation is 2. The van der Waals surface area contributed by atoms with E-state index in [0.717, 1.165) is 43.5 Å². The fourth-order valence-electron chi connectivity index (χ4n) is 3.67. The molecule has 1 aromatic carbocycles. The molecule has 1 saturated carbocycles. The van der Waals surface area contributed by atoms with Crippen molar-refractivity contribution in [2.45, 2.75) is 52.1 Å². The maximum Gasteiger partial charge on any atom is 0.187 e. The Morgan fingerprint density at radius 1 is 1.28 bits per heavy atom. The van der Waals surface area contributed by atoms with E-state index in [9.17, 15) is 4.79 Å². The number of halogens is 1. The molecule has 3 rings (SSSR count). The van der Waals surface area contributed by atoms with Crippen molar-refractivity contribution in [1.29, 1.82) is 5.26 Å². The van der Waals surface area contributed by atoms with Gasteiger partial charge >= 0.3 is 0 Å². The third kappa shape index (κ3) is 5.46. The van der Waals surface area contributed by atoms with Crippen LogP contribution in [0.1, 0.15) is 59.9 Å². The summed E-state index contributed by atoms with van der Waals surface area (Å²) in [6.45, 7) is 3.96.